The molecule has 0 spiro atoms. The Morgan fingerprint density at radius 3 is 2.34 bits per heavy atom. The van der Waals surface area contributed by atoms with Crippen LogP contribution in [0.15, 0.2) is 65.8 Å². The third-order valence-electron chi connectivity index (χ3n) is 5.36. The minimum Gasteiger partial charge on any atom is -0.352 e. The first kappa shape index (κ1) is 18.4. The van der Waals surface area contributed by atoms with Crippen molar-refractivity contribution in [1.82, 2.24) is 20.1 Å². The molecule has 29 heavy (non-hydrogen) atoms. The normalized spacial score (nSPS) is 17.1. The average Bonchev–Trinajstić information content (AvgIpc) is 3.68. The van der Waals surface area contributed by atoms with Gasteiger partial charge in [-0.1, -0.05) is 72.4 Å². The molecule has 5 nitrogen and oxygen atoms in total. The lowest BCUT2D eigenvalue weighted by Crippen LogP contribution is -2.30. The maximum atomic E-state index is 13.0. The van der Waals surface area contributed by atoms with Gasteiger partial charge in [0.25, 0.3) is 0 Å². The predicted octanol–water partition coefficient (Wildman–Crippen LogP) is 4.32. The molecule has 1 N–H and O–H groups in total. The van der Waals surface area contributed by atoms with E-state index < -0.39 is 0 Å². The van der Waals surface area contributed by atoms with Gasteiger partial charge in [0.15, 0.2) is 5.16 Å². The van der Waals surface area contributed by atoms with Gasteiger partial charge in [-0.3, -0.25) is 4.79 Å². The van der Waals surface area contributed by atoms with Crippen LogP contribution in [0.4, 0.5) is 0 Å². The van der Waals surface area contributed by atoms with Gasteiger partial charge in [0.2, 0.25) is 5.91 Å². The molecule has 6 heteroatoms. The molecule has 2 saturated carbocycles. The second-order valence-corrected chi connectivity index (χ2v) is 8.95. The summed E-state index contributed by atoms with van der Waals surface area (Å²) in [5.41, 5.74) is 2.22. The van der Waals surface area contributed by atoms with Gasteiger partial charge in [0, 0.05) is 12.0 Å². The fourth-order valence-electron chi connectivity index (χ4n) is 3.46. The molecule has 2 fully saturated rings. The molecular weight excluding hydrogens is 380 g/mol. The number of carbonyl (C=O) groups is 1. The minimum atomic E-state index is -0.331. The number of thioether (sulfide) groups is 1. The Hall–Kier alpha value is -2.60. The fraction of sp³-hybridized carbons (Fsp3) is 0.348. The van der Waals surface area contributed by atoms with Crippen LogP contribution in [0, 0.1) is 0 Å². The second-order valence-electron chi connectivity index (χ2n) is 7.88. The van der Waals surface area contributed by atoms with Gasteiger partial charge >= 0.3 is 0 Å². The number of nitrogens with one attached hydrogen (secondary N) is 1. The van der Waals surface area contributed by atoms with Crippen LogP contribution in [-0.4, -0.2) is 26.7 Å². The summed E-state index contributed by atoms with van der Waals surface area (Å²) < 4.78 is 2.21. The number of aromatic nitrogens is 3. The van der Waals surface area contributed by atoms with Crippen molar-refractivity contribution in [2.45, 2.75) is 54.6 Å². The van der Waals surface area contributed by atoms with Crippen LogP contribution in [0.25, 0.3) is 0 Å². The molecule has 0 unspecified atom stereocenters. The van der Waals surface area contributed by atoms with Gasteiger partial charge < -0.3 is 9.88 Å². The van der Waals surface area contributed by atoms with Gasteiger partial charge in [0.1, 0.15) is 11.1 Å². The summed E-state index contributed by atoms with van der Waals surface area (Å²) >= 11 is 1.51. The van der Waals surface area contributed by atoms with E-state index in [0.29, 0.717) is 12.0 Å². The number of benzene rings is 2. The first-order valence-electron chi connectivity index (χ1n) is 10.3. The van der Waals surface area contributed by atoms with Crippen LogP contribution >= 0.6 is 11.8 Å². The van der Waals surface area contributed by atoms with Crippen LogP contribution in [0.1, 0.15) is 53.8 Å². The number of rotatable bonds is 8. The molecule has 5 rings (SSSR count). The number of nitrogens with zero attached hydrogens (tertiary/aromatic N) is 3. The van der Waals surface area contributed by atoms with E-state index in [1.54, 1.807) is 0 Å². The summed E-state index contributed by atoms with van der Waals surface area (Å²) in [5, 5.41) is 12.7. The van der Waals surface area contributed by atoms with Gasteiger partial charge in [0.05, 0.1) is 6.54 Å². The molecular formula is C23H24N4OS. The van der Waals surface area contributed by atoms with E-state index in [9.17, 15) is 4.79 Å². The van der Waals surface area contributed by atoms with Crippen molar-refractivity contribution in [3.8, 4) is 0 Å². The maximum absolute atomic E-state index is 13.0. The van der Waals surface area contributed by atoms with Crippen LogP contribution in [0.2, 0.25) is 0 Å². The highest BCUT2D eigenvalue weighted by Crippen LogP contribution is 2.42. The lowest BCUT2D eigenvalue weighted by molar-refractivity contribution is -0.120. The topological polar surface area (TPSA) is 59.8 Å². The number of carbonyl (C=O) groups excluding carboxylic acids is 1. The summed E-state index contributed by atoms with van der Waals surface area (Å²) in [6.07, 6.45) is 4.49. The summed E-state index contributed by atoms with van der Waals surface area (Å²) in [4.78, 5) is 13.0. The van der Waals surface area contributed by atoms with Gasteiger partial charge in [-0.15, -0.1) is 10.2 Å². The van der Waals surface area contributed by atoms with Crippen molar-refractivity contribution >= 4 is 17.7 Å². The smallest absolute Gasteiger partial charge is 0.238 e. The van der Waals surface area contributed by atoms with E-state index in [2.05, 4.69) is 44.3 Å². The molecule has 0 saturated heterocycles. The largest absolute Gasteiger partial charge is 0.352 e. The Balaban J connectivity index is 1.45. The molecule has 1 heterocycles. The first-order valence-corrected chi connectivity index (χ1v) is 11.1. The summed E-state index contributed by atoms with van der Waals surface area (Å²) in [5.74, 6) is 1.60. The van der Waals surface area contributed by atoms with Crippen molar-refractivity contribution in [1.29, 1.82) is 0 Å². The zero-order chi connectivity index (χ0) is 19.6. The lowest BCUT2D eigenvalue weighted by atomic mass is 10.1. The summed E-state index contributed by atoms with van der Waals surface area (Å²) in [7, 11) is 0. The van der Waals surface area contributed by atoms with E-state index in [-0.39, 0.29) is 11.2 Å². The molecule has 2 aromatic carbocycles. The first-order chi connectivity index (χ1) is 14.3. The Kier molecular flexibility index (Phi) is 5.10. The third kappa shape index (κ3) is 4.37. The molecule has 1 atom stereocenters. The predicted molar refractivity (Wildman–Crippen MR) is 114 cm³/mol. The number of amides is 1. The van der Waals surface area contributed by atoms with Crippen LogP contribution in [0.5, 0.6) is 0 Å². The lowest BCUT2D eigenvalue weighted by Gasteiger charge is -2.17. The van der Waals surface area contributed by atoms with Crippen molar-refractivity contribution in [2.24, 2.45) is 0 Å². The molecule has 2 aliphatic rings. The monoisotopic (exact) mass is 404 g/mol. The summed E-state index contributed by atoms with van der Waals surface area (Å²) in [6.45, 7) is 0.730. The van der Waals surface area contributed by atoms with E-state index in [1.165, 1.54) is 30.2 Å². The molecule has 148 valence electrons. The molecule has 3 aromatic rings. The van der Waals surface area contributed by atoms with Crippen molar-refractivity contribution < 1.29 is 4.79 Å². The molecule has 0 radical (unpaired) electrons. The third-order valence-corrected chi connectivity index (χ3v) is 6.59. The van der Waals surface area contributed by atoms with Crippen molar-refractivity contribution in [3.05, 3.63) is 77.6 Å². The Morgan fingerprint density at radius 2 is 1.69 bits per heavy atom. The van der Waals surface area contributed by atoms with Crippen molar-refractivity contribution in [2.75, 3.05) is 0 Å². The molecule has 0 aliphatic heterocycles. The molecule has 1 aromatic heterocycles. The maximum Gasteiger partial charge on any atom is 0.238 e. The van der Waals surface area contributed by atoms with Crippen LogP contribution in [-0.2, 0) is 11.3 Å². The zero-order valence-electron chi connectivity index (χ0n) is 16.2. The van der Waals surface area contributed by atoms with E-state index in [1.807, 2.05) is 36.4 Å². The second kappa shape index (κ2) is 8.03. The number of hydrogen-bond donors (Lipinski definition) is 1. The quantitative estimate of drug-likeness (QED) is 0.568. The van der Waals surface area contributed by atoms with Crippen LogP contribution < -0.4 is 5.32 Å². The van der Waals surface area contributed by atoms with Gasteiger partial charge in [-0.2, -0.15) is 0 Å². The molecule has 1 amide bonds. The highest BCUT2D eigenvalue weighted by molar-refractivity contribution is 8.00. The fourth-order valence-corrected chi connectivity index (χ4v) is 4.51. The Bertz CT molecular complexity index is 981. The van der Waals surface area contributed by atoms with Gasteiger partial charge in [-0.05, 0) is 36.8 Å². The standard InChI is InChI=1S/C23H24N4OS/c28-22(24-19-13-14-19)20(17-9-5-2-6-10-17)29-23-26-25-21(18-11-12-18)27(23)15-16-7-3-1-4-8-16/h1-10,18-20H,11-15H2,(H,24,28)/t20-/m1/s1. The van der Waals surface area contributed by atoms with Gasteiger partial charge in [-0.25, -0.2) is 0 Å². The minimum absolute atomic E-state index is 0.0610. The highest BCUT2D eigenvalue weighted by atomic mass is 32.2. The zero-order valence-corrected chi connectivity index (χ0v) is 17.0. The number of hydrogen-bond acceptors (Lipinski definition) is 4. The average molecular weight is 405 g/mol. The summed E-state index contributed by atoms with van der Waals surface area (Å²) in [6, 6.07) is 20.7. The van der Waals surface area contributed by atoms with E-state index in [0.717, 1.165) is 35.9 Å². The highest BCUT2D eigenvalue weighted by Gasteiger charge is 2.33. The Morgan fingerprint density at radius 1 is 1.00 bits per heavy atom. The molecule has 2 aliphatic carbocycles. The van der Waals surface area contributed by atoms with Crippen LogP contribution in [0.3, 0.4) is 0 Å². The Labute approximate surface area is 174 Å². The van der Waals surface area contributed by atoms with E-state index >= 15 is 0 Å². The molecule has 0 bridgehead atoms. The van der Waals surface area contributed by atoms with Crippen molar-refractivity contribution in [3.63, 3.8) is 0 Å². The SMILES string of the molecule is O=C(NC1CC1)[C@H](Sc1nnc(C2CC2)n1Cc1ccccc1)c1ccccc1. The van der Waals surface area contributed by atoms with E-state index in [4.69, 9.17) is 0 Å².